The van der Waals surface area contributed by atoms with Crippen molar-refractivity contribution in [3.63, 3.8) is 0 Å². The zero-order chi connectivity index (χ0) is 27.5. The van der Waals surface area contributed by atoms with Crippen molar-refractivity contribution in [3.05, 3.63) is 108 Å². The van der Waals surface area contributed by atoms with Crippen LogP contribution in [0.2, 0.25) is 0 Å². The van der Waals surface area contributed by atoms with Crippen molar-refractivity contribution in [1.29, 1.82) is 0 Å². The van der Waals surface area contributed by atoms with Crippen molar-refractivity contribution in [2.24, 2.45) is 0 Å². The molecule has 0 aliphatic heterocycles. The summed E-state index contributed by atoms with van der Waals surface area (Å²) in [6, 6.07) is 24.7. The molecule has 2 heterocycles. The molecule has 200 valence electrons. The van der Waals surface area contributed by atoms with Gasteiger partial charge in [-0.2, -0.15) is 5.10 Å². The van der Waals surface area contributed by atoms with Gasteiger partial charge >= 0.3 is 0 Å². The average Bonchev–Trinajstić information content (AvgIpc) is 3.62. The van der Waals surface area contributed by atoms with Gasteiger partial charge in [-0.3, -0.25) is 4.79 Å². The highest BCUT2D eigenvalue weighted by atomic mass is 16.5. The van der Waals surface area contributed by atoms with Gasteiger partial charge in [-0.05, 0) is 35.9 Å². The molecule has 9 heteroatoms. The number of hydrogen-bond acceptors (Lipinski definition) is 7. The first-order valence-corrected chi connectivity index (χ1v) is 13.0. The number of benzene rings is 3. The minimum Gasteiger partial charge on any atom is -0.496 e. The Balaban J connectivity index is 1.21. The zero-order valence-electron chi connectivity index (χ0n) is 21.9. The Hall–Kier alpha value is -5.18. The number of carbonyl (C=O) groups is 1. The van der Waals surface area contributed by atoms with Gasteiger partial charge in [0.25, 0.3) is 5.91 Å². The van der Waals surface area contributed by atoms with E-state index in [9.17, 15) is 4.79 Å². The summed E-state index contributed by atoms with van der Waals surface area (Å²) >= 11 is 0. The SMILES string of the molecule is COc1ccccc1C(=O)NCc1ccc(-c2nn(C3C=CC(Oc4ccccc4)C3)c3ncnc(N)c23)cc1. The fourth-order valence-electron chi connectivity index (χ4n) is 4.91. The maximum atomic E-state index is 12.7. The second-order valence-electron chi connectivity index (χ2n) is 9.49. The number of nitrogen functional groups attached to an aromatic ring is 1. The van der Waals surface area contributed by atoms with Gasteiger partial charge < -0.3 is 20.5 Å². The van der Waals surface area contributed by atoms with Crippen molar-refractivity contribution in [3.8, 4) is 22.8 Å². The number of nitrogens with one attached hydrogen (secondary N) is 1. The number of nitrogens with two attached hydrogens (primary N) is 1. The van der Waals surface area contributed by atoms with Crippen molar-refractivity contribution >= 4 is 22.8 Å². The van der Waals surface area contributed by atoms with E-state index in [0.29, 0.717) is 40.4 Å². The number of nitrogens with zero attached hydrogens (tertiary/aromatic N) is 4. The summed E-state index contributed by atoms with van der Waals surface area (Å²) in [6.07, 6.45) is 6.27. The number of aromatic nitrogens is 4. The van der Waals surface area contributed by atoms with E-state index in [1.165, 1.54) is 6.33 Å². The summed E-state index contributed by atoms with van der Waals surface area (Å²) < 4.78 is 13.3. The number of methoxy groups -OCH3 is 1. The third kappa shape index (κ3) is 4.96. The van der Waals surface area contributed by atoms with E-state index in [4.69, 9.17) is 20.3 Å². The standard InChI is InChI=1S/C31H28N6O3/c1-39-26-10-6-5-9-25(26)31(38)33-18-20-11-13-21(14-12-20)28-27-29(32)34-19-35-30(27)37(36-28)22-15-16-24(17-22)40-23-7-3-2-4-8-23/h2-16,19,22,24H,17-18H2,1H3,(H,33,38)(H2,32,34,35). The van der Waals surface area contributed by atoms with Crippen LogP contribution in [-0.2, 0) is 6.54 Å². The number of hydrogen-bond donors (Lipinski definition) is 2. The van der Waals surface area contributed by atoms with E-state index < -0.39 is 0 Å². The lowest BCUT2D eigenvalue weighted by Crippen LogP contribution is -2.23. The number of rotatable bonds is 8. The summed E-state index contributed by atoms with van der Waals surface area (Å²) in [4.78, 5) is 21.4. The Bertz CT molecular complexity index is 1680. The highest BCUT2D eigenvalue weighted by Gasteiger charge is 2.27. The van der Waals surface area contributed by atoms with Gasteiger partial charge in [0, 0.05) is 18.5 Å². The first kappa shape index (κ1) is 25.1. The first-order chi connectivity index (χ1) is 19.6. The molecule has 6 rings (SSSR count). The maximum Gasteiger partial charge on any atom is 0.255 e. The van der Waals surface area contributed by atoms with Crippen LogP contribution in [0.5, 0.6) is 11.5 Å². The highest BCUT2D eigenvalue weighted by Crippen LogP contribution is 2.35. The molecule has 0 saturated carbocycles. The van der Waals surface area contributed by atoms with Crippen LogP contribution in [0.1, 0.15) is 28.4 Å². The predicted octanol–water partition coefficient (Wildman–Crippen LogP) is 4.96. The Morgan fingerprint density at radius 2 is 1.77 bits per heavy atom. The van der Waals surface area contributed by atoms with Crippen LogP contribution in [0.3, 0.4) is 0 Å². The summed E-state index contributed by atoms with van der Waals surface area (Å²) in [7, 11) is 1.55. The number of carbonyl (C=O) groups excluding carboxylic acids is 1. The molecule has 0 bridgehead atoms. The van der Waals surface area contributed by atoms with Gasteiger partial charge in [0.2, 0.25) is 0 Å². The second kappa shape index (κ2) is 10.9. The highest BCUT2D eigenvalue weighted by molar-refractivity contribution is 5.98. The minimum atomic E-state index is -0.199. The van der Waals surface area contributed by atoms with Crippen LogP contribution in [0.4, 0.5) is 5.82 Å². The third-order valence-corrected chi connectivity index (χ3v) is 6.92. The zero-order valence-corrected chi connectivity index (χ0v) is 21.9. The number of fused-ring (bicyclic) bond motifs is 1. The summed E-state index contributed by atoms with van der Waals surface area (Å²) in [5, 5.41) is 8.61. The van der Waals surface area contributed by atoms with E-state index in [1.807, 2.05) is 71.4 Å². The fourth-order valence-corrected chi connectivity index (χ4v) is 4.91. The molecule has 1 aliphatic rings. The number of amides is 1. The van der Waals surface area contributed by atoms with E-state index in [-0.39, 0.29) is 18.1 Å². The van der Waals surface area contributed by atoms with E-state index in [1.54, 1.807) is 19.2 Å². The molecule has 2 aromatic heterocycles. The Kier molecular flexibility index (Phi) is 6.84. The largest absolute Gasteiger partial charge is 0.496 e. The van der Waals surface area contributed by atoms with Crippen molar-refractivity contribution in [2.75, 3.05) is 12.8 Å². The van der Waals surface area contributed by atoms with Gasteiger partial charge in [0.1, 0.15) is 35.4 Å². The van der Waals surface area contributed by atoms with Gasteiger partial charge in [0.05, 0.1) is 24.1 Å². The molecular weight excluding hydrogens is 504 g/mol. The summed E-state index contributed by atoms with van der Waals surface area (Å²) in [6.45, 7) is 0.368. The molecule has 0 spiro atoms. The molecule has 1 aliphatic carbocycles. The van der Waals surface area contributed by atoms with Crippen molar-refractivity contribution < 1.29 is 14.3 Å². The van der Waals surface area contributed by atoms with E-state index >= 15 is 0 Å². The average molecular weight is 533 g/mol. The minimum absolute atomic E-state index is 0.0382. The maximum absolute atomic E-state index is 12.7. The van der Waals surface area contributed by atoms with E-state index in [0.717, 1.165) is 23.3 Å². The third-order valence-electron chi connectivity index (χ3n) is 6.92. The molecule has 0 fully saturated rings. The fraction of sp³-hybridized carbons (Fsp3) is 0.161. The quantitative estimate of drug-likeness (QED) is 0.271. The molecule has 3 aromatic carbocycles. The van der Waals surface area contributed by atoms with Crippen LogP contribution in [-0.4, -0.2) is 38.9 Å². The molecule has 5 aromatic rings. The normalized spacial score (nSPS) is 16.2. The monoisotopic (exact) mass is 532 g/mol. The Labute approximate surface area is 231 Å². The van der Waals surface area contributed by atoms with Gasteiger partial charge in [-0.25, -0.2) is 14.6 Å². The number of allylic oxidation sites excluding steroid dienone is 1. The molecule has 0 radical (unpaired) electrons. The molecule has 0 saturated heterocycles. The molecular formula is C31H28N6O3. The predicted molar refractivity (Wildman–Crippen MR) is 153 cm³/mol. The summed E-state index contributed by atoms with van der Waals surface area (Å²) in [5.74, 6) is 1.54. The van der Waals surface area contributed by atoms with Crippen LogP contribution in [0, 0.1) is 0 Å². The lowest BCUT2D eigenvalue weighted by atomic mass is 10.1. The molecule has 40 heavy (non-hydrogen) atoms. The van der Waals surface area contributed by atoms with Gasteiger partial charge in [-0.15, -0.1) is 0 Å². The molecule has 2 atom stereocenters. The smallest absolute Gasteiger partial charge is 0.255 e. The van der Waals surface area contributed by atoms with Crippen LogP contribution >= 0.6 is 0 Å². The van der Waals surface area contributed by atoms with Crippen molar-refractivity contribution in [2.45, 2.75) is 25.1 Å². The molecule has 2 unspecified atom stereocenters. The Morgan fingerprint density at radius 3 is 2.58 bits per heavy atom. The van der Waals surface area contributed by atoms with Crippen LogP contribution in [0.15, 0.2) is 97.3 Å². The molecule has 3 N–H and O–H groups in total. The number of para-hydroxylation sites is 2. The molecule has 9 nitrogen and oxygen atoms in total. The summed E-state index contributed by atoms with van der Waals surface area (Å²) in [5.41, 5.74) is 10.0. The van der Waals surface area contributed by atoms with Crippen LogP contribution < -0.4 is 20.5 Å². The van der Waals surface area contributed by atoms with Gasteiger partial charge in [-0.1, -0.05) is 60.7 Å². The van der Waals surface area contributed by atoms with E-state index in [2.05, 4.69) is 27.4 Å². The lowest BCUT2D eigenvalue weighted by molar-refractivity contribution is 0.0948. The molecule has 1 amide bonds. The number of ether oxygens (including phenoxy) is 2. The first-order valence-electron chi connectivity index (χ1n) is 13.0. The van der Waals surface area contributed by atoms with Crippen molar-refractivity contribution in [1.82, 2.24) is 25.1 Å². The lowest BCUT2D eigenvalue weighted by Gasteiger charge is -2.15. The Morgan fingerprint density at radius 1 is 1.00 bits per heavy atom. The topological polar surface area (TPSA) is 117 Å². The number of anilines is 1. The second-order valence-corrected chi connectivity index (χ2v) is 9.49. The van der Waals surface area contributed by atoms with Crippen LogP contribution in [0.25, 0.3) is 22.3 Å². The van der Waals surface area contributed by atoms with Gasteiger partial charge in [0.15, 0.2) is 5.65 Å².